The maximum atomic E-state index is 12.0. The van der Waals surface area contributed by atoms with Crippen LogP contribution in [0.15, 0.2) is 24.3 Å². The highest BCUT2D eigenvalue weighted by Gasteiger charge is 2.20. The number of carbonyl (C=O) groups excluding carboxylic acids is 1. The summed E-state index contributed by atoms with van der Waals surface area (Å²) in [6.45, 7) is 5.58. The smallest absolute Gasteiger partial charge is 0.258 e. The standard InChI is InChI=1S/C16H24N2O3.ClH/c1-3-20-14-6-4-5-7-15(14)21-11-16(19)18-13-8-9-17-12(2)10-13;/h4-7,12-13,17H,3,8-11H2,1-2H3,(H,18,19);1H. The third kappa shape index (κ3) is 5.73. The number of hydrogen-bond acceptors (Lipinski definition) is 4. The predicted molar refractivity (Wildman–Crippen MR) is 89.0 cm³/mol. The number of halogens is 1. The average Bonchev–Trinajstić information content (AvgIpc) is 2.47. The number of carbonyl (C=O) groups is 1. The van der Waals surface area contributed by atoms with Gasteiger partial charge in [-0.15, -0.1) is 12.4 Å². The van der Waals surface area contributed by atoms with E-state index in [0.717, 1.165) is 19.4 Å². The molecule has 0 saturated carbocycles. The molecule has 2 rings (SSSR count). The second-order valence-corrected chi connectivity index (χ2v) is 5.31. The molecule has 1 fully saturated rings. The zero-order chi connectivity index (χ0) is 15.1. The minimum atomic E-state index is -0.0830. The molecule has 1 aromatic carbocycles. The Kier molecular flexibility index (Phi) is 8.06. The van der Waals surface area contributed by atoms with Gasteiger partial charge in [0.1, 0.15) is 0 Å². The van der Waals surface area contributed by atoms with Crippen molar-refractivity contribution in [3.05, 3.63) is 24.3 Å². The predicted octanol–water partition coefficient (Wildman–Crippen LogP) is 2.14. The van der Waals surface area contributed by atoms with Gasteiger partial charge in [-0.2, -0.15) is 0 Å². The van der Waals surface area contributed by atoms with Crippen LogP contribution >= 0.6 is 12.4 Å². The van der Waals surface area contributed by atoms with Crippen molar-refractivity contribution in [2.75, 3.05) is 19.8 Å². The first-order valence-electron chi connectivity index (χ1n) is 7.56. The van der Waals surface area contributed by atoms with E-state index >= 15 is 0 Å². The highest BCUT2D eigenvalue weighted by atomic mass is 35.5. The molecule has 1 aliphatic rings. The van der Waals surface area contributed by atoms with E-state index < -0.39 is 0 Å². The Morgan fingerprint density at radius 1 is 1.32 bits per heavy atom. The lowest BCUT2D eigenvalue weighted by atomic mass is 10.0. The molecule has 22 heavy (non-hydrogen) atoms. The molecular weight excluding hydrogens is 304 g/mol. The second-order valence-electron chi connectivity index (χ2n) is 5.31. The third-order valence-electron chi connectivity index (χ3n) is 3.50. The quantitative estimate of drug-likeness (QED) is 0.840. The van der Waals surface area contributed by atoms with Crippen molar-refractivity contribution < 1.29 is 14.3 Å². The van der Waals surface area contributed by atoms with Crippen molar-refractivity contribution in [2.24, 2.45) is 0 Å². The van der Waals surface area contributed by atoms with E-state index in [1.54, 1.807) is 0 Å². The van der Waals surface area contributed by atoms with Gasteiger partial charge in [0.15, 0.2) is 18.1 Å². The van der Waals surface area contributed by atoms with Crippen LogP contribution in [0.5, 0.6) is 11.5 Å². The topological polar surface area (TPSA) is 59.6 Å². The van der Waals surface area contributed by atoms with Crippen LogP contribution in [-0.4, -0.2) is 37.7 Å². The SMILES string of the molecule is CCOc1ccccc1OCC(=O)NC1CCNC(C)C1.Cl. The summed E-state index contributed by atoms with van der Waals surface area (Å²) >= 11 is 0. The van der Waals surface area contributed by atoms with Gasteiger partial charge in [-0.25, -0.2) is 0 Å². The molecule has 5 nitrogen and oxygen atoms in total. The lowest BCUT2D eigenvalue weighted by Gasteiger charge is -2.28. The van der Waals surface area contributed by atoms with E-state index in [9.17, 15) is 4.79 Å². The van der Waals surface area contributed by atoms with Gasteiger partial charge in [-0.3, -0.25) is 4.79 Å². The number of piperidine rings is 1. The summed E-state index contributed by atoms with van der Waals surface area (Å²) in [5.41, 5.74) is 0. The molecule has 1 aromatic rings. The minimum absolute atomic E-state index is 0. The maximum absolute atomic E-state index is 12.0. The Morgan fingerprint density at radius 3 is 2.64 bits per heavy atom. The molecule has 1 aliphatic heterocycles. The molecule has 0 spiro atoms. The van der Waals surface area contributed by atoms with Crippen molar-refractivity contribution in [3.8, 4) is 11.5 Å². The fourth-order valence-corrected chi connectivity index (χ4v) is 2.52. The highest BCUT2D eigenvalue weighted by Crippen LogP contribution is 2.26. The number of para-hydroxylation sites is 2. The lowest BCUT2D eigenvalue weighted by Crippen LogP contribution is -2.47. The molecule has 0 bridgehead atoms. The number of rotatable bonds is 6. The first-order chi connectivity index (χ1) is 10.2. The summed E-state index contributed by atoms with van der Waals surface area (Å²) < 4.78 is 11.0. The van der Waals surface area contributed by atoms with Crippen LogP contribution in [0.1, 0.15) is 26.7 Å². The fourth-order valence-electron chi connectivity index (χ4n) is 2.52. The van der Waals surface area contributed by atoms with Crippen LogP contribution in [0.3, 0.4) is 0 Å². The fraction of sp³-hybridized carbons (Fsp3) is 0.562. The summed E-state index contributed by atoms with van der Waals surface area (Å²) in [6, 6.07) is 8.08. The summed E-state index contributed by atoms with van der Waals surface area (Å²) in [6.07, 6.45) is 1.92. The molecule has 124 valence electrons. The number of hydrogen-bond donors (Lipinski definition) is 2. The molecule has 2 atom stereocenters. The van der Waals surface area contributed by atoms with Gasteiger partial charge in [0.05, 0.1) is 6.61 Å². The van der Waals surface area contributed by atoms with E-state index in [0.29, 0.717) is 24.1 Å². The maximum Gasteiger partial charge on any atom is 0.258 e. The van der Waals surface area contributed by atoms with Gasteiger partial charge >= 0.3 is 0 Å². The Labute approximate surface area is 138 Å². The molecule has 0 aliphatic carbocycles. The van der Waals surface area contributed by atoms with E-state index in [1.807, 2.05) is 31.2 Å². The van der Waals surface area contributed by atoms with E-state index in [-0.39, 0.29) is 31.0 Å². The van der Waals surface area contributed by atoms with Crippen molar-refractivity contribution in [3.63, 3.8) is 0 Å². The minimum Gasteiger partial charge on any atom is -0.490 e. The van der Waals surface area contributed by atoms with E-state index in [4.69, 9.17) is 9.47 Å². The summed E-state index contributed by atoms with van der Waals surface area (Å²) in [5.74, 6) is 1.19. The van der Waals surface area contributed by atoms with Gasteiger partial charge < -0.3 is 20.1 Å². The molecule has 2 N–H and O–H groups in total. The van der Waals surface area contributed by atoms with Crippen molar-refractivity contribution in [1.29, 1.82) is 0 Å². The van der Waals surface area contributed by atoms with Crippen LogP contribution in [0.25, 0.3) is 0 Å². The molecule has 0 aromatic heterocycles. The first-order valence-corrected chi connectivity index (χ1v) is 7.56. The van der Waals surface area contributed by atoms with Crippen LogP contribution in [0.2, 0.25) is 0 Å². The average molecular weight is 329 g/mol. The number of ether oxygens (including phenoxy) is 2. The van der Waals surface area contributed by atoms with Gasteiger partial charge in [0.25, 0.3) is 5.91 Å². The van der Waals surface area contributed by atoms with Crippen LogP contribution < -0.4 is 20.1 Å². The Bertz CT molecular complexity index is 470. The first kappa shape index (κ1) is 18.6. The Balaban J connectivity index is 0.00000242. The van der Waals surface area contributed by atoms with Crippen molar-refractivity contribution >= 4 is 18.3 Å². The van der Waals surface area contributed by atoms with Crippen LogP contribution in [0.4, 0.5) is 0 Å². The molecule has 1 saturated heterocycles. The normalized spacial score (nSPS) is 20.6. The zero-order valence-electron chi connectivity index (χ0n) is 13.1. The van der Waals surface area contributed by atoms with Gasteiger partial charge in [0, 0.05) is 12.1 Å². The largest absolute Gasteiger partial charge is 0.490 e. The number of amides is 1. The zero-order valence-corrected chi connectivity index (χ0v) is 13.9. The molecule has 6 heteroatoms. The Morgan fingerprint density at radius 2 is 2.00 bits per heavy atom. The number of benzene rings is 1. The summed E-state index contributed by atoms with van der Waals surface area (Å²) in [4.78, 5) is 12.0. The van der Waals surface area contributed by atoms with Crippen molar-refractivity contribution in [2.45, 2.75) is 38.8 Å². The molecule has 1 heterocycles. The van der Waals surface area contributed by atoms with E-state index in [2.05, 4.69) is 17.6 Å². The van der Waals surface area contributed by atoms with Gasteiger partial charge in [0.2, 0.25) is 0 Å². The lowest BCUT2D eigenvalue weighted by molar-refractivity contribution is -0.124. The monoisotopic (exact) mass is 328 g/mol. The highest BCUT2D eigenvalue weighted by molar-refractivity contribution is 5.85. The number of nitrogens with one attached hydrogen (secondary N) is 2. The van der Waals surface area contributed by atoms with Gasteiger partial charge in [-0.1, -0.05) is 12.1 Å². The second kappa shape index (κ2) is 9.54. The van der Waals surface area contributed by atoms with Crippen molar-refractivity contribution in [1.82, 2.24) is 10.6 Å². The van der Waals surface area contributed by atoms with E-state index in [1.165, 1.54) is 0 Å². The van der Waals surface area contributed by atoms with Crippen LogP contribution in [0, 0.1) is 0 Å². The molecule has 0 radical (unpaired) electrons. The molecular formula is C16H25ClN2O3. The van der Waals surface area contributed by atoms with Crippen LogP contribution in [-0.2, 0) is 4.79 Å². The summed E-state index contributed by atoms with van der Waals surface area (Å²) in [5, 5.41) is 6.39. The van der Waals surface area contributed by atoms with Gasteiger partial charge in [-0.05, 0) is 45.4 Å². The third-order valence-corrected chi connectivity index (χ3v) is 3.50. The Hall–Kier alpha value is -1.46. The molecule has 2 unspecified atom stereocenters. The summed E-state index contributed by atoms with van der Waals surface area (Å²) in [7, 11) is 0. The molecule has 1 amide bonds.